The molecule has 0 aliphatic carbocycles. The number of benzene rings is 1. The number of piperidine rings is 1. The molecule has 2 aliphatic heterocycles. The predicted octanol–water partition coefficient (Wildman–Crippen LogP) is 1.60. The van der Waals surface area contributed by atoms with Gasteiger partial charge in [0.1, 0.15) is 12.4 Å². The highest BCUT2D eigenvalue weighted by Gasteiger charge is 2.29. The van der Waals surface area contributed by atoms with Crippen molar-refractivity contribution < 1.29 is 17.9 Å². The van der Waals surface area contributed by atoms with Gasteiger partial charge in [-0.15, -0.1) is 4.40 Å². The Morgan fingerprint density at radius 1 is 1.26 bits per heavy atom. The van der Waals surface area contributed by atoms with Gasteiger partial charge in [-0.1, -0.05) is 6.07 Å². The Morgan fingerprint density at radius 3 is 2.87 bits per heavy atom. The number of fused-ring (bicyclic) bond motifs is 1. The van der Waals surface area contributed by atoms with Crippen LogP contribution in [0.25, 0.3) is 0 Å². The Morgan fingerprint density at radius 2 is 2.06 bits per heavy atom. The topological polar surface area (TPSA) is 139 Å². The number of amides is 2. The number of urea groups is 1. The monoisotopic (exact) mass is 444 g/mol. The number of carbonyl (C=O) groups is 1. The first-order valence-electron chi connectivity index (χ1n) is 10.0. The van der Waals surface area contributed by atoms with Crippen LogP contribution in [0.2, 0.25) is 0 Å². The summed E-state index contributed by atoms with van der Waals surface area (Å²) in [5.41, 5.74) is 7.57. The minimum Gasteiger partial charge on any atom is -0.491 e. The molecule has 1 aromatic heterocycles. The lowest BCUT2D eigenvalue weighted by Gasteiger charge is -2.35. The molecule has 0 radical (unpaired) electrons. The molecule has 1 unspecified atom stereocenters. The summed E-state index contributed by atoms with van der Waals surface area (Å²) in [7, 11) is -3.85. The molecule has 10 nitrogen and oxygen atoms in total. The molecule has 1 fully saturated rings. The number of carbonyl (C=O) groups excluding carboxylic acids is 1. The van der Waals surface area contributed by atoms with Crippen LogP contribution in [-0.2, 0) is 16.8 Å². The summed E-state index contributed by atoms with van der Waals surface area (Å²) in [6, 6.07) is 8.44. The molecule has 3 heterocycles. The molecule has 4 N–H and O–H groups in total. The molecule has 31 heavy (non-hydrogen) atoms. The first-order chi connectivity index (χ1) is 14.9. The molecule has 164 valence electrons. The second kappa shape index (κ2) is 8.80. The summed E-state index contributed by atoms with van der Waals surface area (Å²) in [5, 5.41) is 2.95. The number of amidine groups is 1. The Kier molecular flexibility index (Phi) is 5.94. The van der Waals surface area contributed by atoms with Gasteiger partial charge in [-0.2, -0.15) is 8.42 Å². The fourth-order valence-electron chi connectivity index (χ4n) is 3.74. The second-order valence-electron chi connectivity index (χ2n) is 7.40. The number of hydrogen-bond donors (Lipinski definition) is 3. The summed E-state index contributed by atoms with van der Waals surface area (Å²) in [6.07, 6.45) is 6.12. The molecular formula is C20H24N6O4S. The van der Waals surface area contributed by atoms with Crippen LogP contribution in [0, 0.1) is 0 Å². The summed E-state index contributed by atoms with van der Waals surface area (Å²) in [6.45, 7) is 1.33. The third-order valence-electron chi connectivity index (χ3n) is 5.25. The fraction of sp³-hybridized carbons (Fsp3) is 0.350. The highest BCUT2D eigenvalue weighted by molar-refractivity contribution is 7.91. The van der Waals surface area contributed by atoms with Crippen LogP contribution in [0.4, 0.5) is 10.5 Å². The molecule has 2 aromatic rings. The Balaban J connectivity index is 1.43. The van der Waals surface area contributed by atoms with E-state index in [1.165, 1.54) is 0 Å². The maximum atomic E-state index is 12.8. The number of nitrogens with one attached hydrogen (secondary N) is 2. The van der Waals surface area contributed by atoms with Gasteiger partial charge in [0.15, 0.2) is 5.84 Å². The molecule has 11 heteroatoms. The third-order valence-corrected chi connectivity index (χ3v) is 6.17. The van der Waals surface area contributed by atoms with E-state index in [1.54, 1.807) is 35.5 Å². The number of ether oxygens (including phenoxy) is 1. The zero-order valence-electron chi connectivity index (χ0n) is 16.8. The highest BCUT2D eigenvalue weighted by atomic mass is 32.2. The van der Waals surface area contributed by atoms with Gasteiger partial charge < -0.3 is 20.7 Å². The number of anilines is 1. The molecule has 2 aliphatic rings. The summed E-state index contributed by atoms with van der Waals surface area (Å²) in [4.78, 5) is 18.5. The SMILES string of the molecule is NC1=NS(=O)(=O)Nc2cccc(OCC3CCCCN3C(=O)NCc3ccncc3)c21. The van der Waals surface area contributed by atoms with Crippen LogP contribution < -0.4 is 20.5 Å². The van der Waals surface area contributed by atoms with Crippen molar-refractivity contribution in [3.8, 4) is 5.75 Å². The summed E-state index contributed by atoms with van der Waals surface area (Å²) >= 11 is 0. The van der Waals surface area contributed by atoms with Gasteiger partial charge in [0.05, 0.1) is 17.3 Å². The van der Waals surface area contributed by atoms with E-state index in [0.29, 0.717) is 30.1 Å². The molecule has 1 aromatic carbocycles. The molecule has 1 saturated heterocycles. The number of aromatic nitrogens is 1. The van der Waals surface area contributed by atoms with E-state index in [2.05, 4.69) is 19.4 Å². The molecule has 4 rings (SSSR count). The Bertz CT molecular complexity index is 1090. The lowest BCUT2D eigenvalue weighted by atomic mass is 10.0. The molecule has 0 spiro atoms. The number of hydrogen-bond acceptors (Lipinski definition) is 6. The summed E-state index contributed by atoms with van der Waals surface area (Å²) in [5.74, 6) is 0.295. The van der Waals surface area contributed by atoms with Crippen molar-refractivity contribution in [2.45, 2.75) is 31.8 Å². The van der Waals surface area contributed by atoms with Crippen molar-refractivity contribution >= 4 is 27.8 Å². The predicted molar refractivity (Wildman–Crippen MR) is 116 cm³/mol. The van der Waals surface area contributed by atoms with Gasteiger partial charge >= 0.3 is 16.2 Å². The van der Waals surface area contributed by atoms with Crippen LogP contribution in [0.5, 0.6) is 5.75 Å². The molecule has 2 amide bonds. The number of rotatable bonds is 5. The van der Waals surface area contributed by atoms with Crippen molar-refractivity contribution in [1.29, 1.82) is 0 Å². The standard InChI is InChI=1S/C20H24N6O4S/c21-19-18-16(24-31(28,29)25-19)5-3-6-17(18)30-13-15-4-1-2-11-26(15)20(27)23-12-14-7-9-22-10-8-14/h3,5-10,15,24H,1-2,4,11-13H2,(H2,21,25)(H,23,27). The molecular weight excluding hydrogens is 420 g/mol. The zero-order chi connectivity index (χ0) is 21.8. The van der Waals surface area contributed by atoms with Crippen LogP contribution in [0.15, 0.2) is 47.1 Å². The van der Waals surface area contributed by atoms with Gasteiger partial charge in [0, 0.05) is 25.5 Å². The molecule has 0 bridgehead atoms. The van der Waals surface area contributed by atoms with Crippen molar-refractivity contribution in [1.82, 2.24) is 15.2 Å². The first-order valence-corrected chi connectivity index (χ1v) is 11.4. The molecule has 1 atom stereocenters. The number of nitrogens with two attached hydrogens (primary N) is 1. The largest absolute Gasteiger partial charge is 0.491 e. The van der Waals surface area contributed by atoms with E-state index >= 15 is 0 Å². The van der Waals surface area contributed by atoms with Gasteiger partial charge in [-0.25, -0.2) is 4.79 Å². The van der Waals surface area contributed by atoms with Crippen LogP contribution in [-0.4, -0.2) is 49.4 Å². The maximum Gasteiger partial charge on any atom is 0.344 e. The van der Waals surface area contributed by atoms with E-state index < -0.39 is 10.2 Å². The zero-order valence-corrected chi connectivity index (χ0v) is 17.6. The average Bonchev–Trinajstić information content (AvgIpc) is 2.76. The lowest BCUT2D eigenvalue weighted by Crippen LogP contribution is -2.50. The van der Waals surface area contributed by atoms with Crippen molar-refractivity contribution in [2.24, 2.45) is 10.1 Å². The van der Waals surface area contributed by atoms with Gasteiger partial charge in [0.25, 0.3) is 0 Å². The van der Waals surface area contributed by atoms with Gasteiger partial charge in [0.2, 0.25) is 0 Å². The third kappa shape index (κ3) is 4.88. The van der Waals surface area contributed by atoms with E-state index in [0.717, 1.165) is 24.8 Å². The van der Waals surface area contributed by atoms with Crippen molar-refractivity contribution in [2.75, 3.05) is 17.9 Å². The highest BCUT2D eigenvalue weighted by Crippen LogP contribution is 2.31. The average molecular weight is 445 g/mol. The van der Waals surface area contributed by atoms with Crippen molar-refractivity contribution in [3.63, 3.8) is 0 Å². The fourth-order valence-corrected chi connectivity index (χ4v) is 4.59. The maximum absolute atomic E-state index is 12.8. The number of pyridine rings is 1. The number of likely N-dealkylation sites (tertiary alicyclic amines) is 1. The van der Waals surface area contributed by atoms with Crippen LogP contribution in [0.3, 0.4) is 0 Å². The van der Waals surface area contributed by atoms with Gasteiger partial charge in [-0.3, -0.25) is 9.71 Å². The van der Waals surface area contributed by atoms with E-state index in [9.17, 15) is 13.2 Å². The number of nitrogens with zero attached hydrogens (tertiary/aromatic N) is 3. The normalized spacial score (nSPS) is 19.5. The Labute approximate surface area is 180 Å². The second-order valence-corrected chi connectivity index (χ2v) is 8.74. The minimum absolute atomic E-state index is 0.111. The lowest BCUT2D eigenvalue weighted by molar-refractivity contribution is 0.116. The van der Waals surface area contributed by atoms with E-state index in [-0.39, 0.29) is 24.5 Å². The minimum atomic E-state index is -3.85. The summed E-state index contributed by atoms with van der Waals surface area (Å²) < 4.78 is 35.4. The van der Waals surface area contributed by atoms with Crippen LogP contribution in [0.1, 0.15) is 30.4 Å². The van der Waals surface area contributed by atoms with E-state index in [1.807, 2.05) is 12.1 Å². The molecule has 0 saturated carbocycles. The van der Waals surface area contributed by atoms with Gasteiger partial charge in [-0.05, 0) is 49.1 Å². The van der Waals surface area contributed by atoms with E-state index in [4.69, 9.17) is 10.5 Å². The Hall–Kier alpha value is -3.34. The van der Waals surface area contributed by atoms with Crippen LogP contribution >= 0.6 is 0 Å². The first kappa shape index (κ1) is 20.9. The quantitative estimate of drug-likeness (QED) is 0.640. The van der Waals surface area contributed by atoms with Crippen molar-refractivity contribution in [3.05, 3.63) is 53.9 Å². The smallest absolute Gasteiger partial charge is 0.344 e.